The molecule has 1 saturated carbocycles. The number of aryl methyl sites for hydroxylation is 1. The van der Waals surface area contributed by atoms with E-state index in [0.717, 1.165) is 44.3 Å². The van der Waals surface area contributed by atoms with E-state index in [4.69, 9.17) is 17.3 Å². The molecular weight excluding hydrogens is 283 g/mol. The standard InChI is InChI=1S/C20H25BO2/c1-19-8-9-20(21)12-15(23-3)11-18(20)17(19)6-4-13-10-14(22-2)5-7-16(13)19/h5,7,10,15H,4,6,8-9,11-12H2,1-3H3/t15-,19-,20+/m0/s1. The molecule has 2 radical (unpaired) electrons. The molecule has 0 heterocycles. The Hall–Kier alpha value is -1.22. The summed E-state index contributed by atoms with van der Waals surface area (Å²) in [7, 11) is 10.4. The molecule has 0 aromatic heterocycles. The Morgan fingerprint density at radius 2 is 1.96 bits per heavy atom. The Morgan fingerprint density at radius 1 is 1.13 bits per heavy atom. The van der Waals surface area contributed by atoms with E-state index in [-0.39, 0.29) is 10.7 Å². The molecule has 23 heavy (non-hydrogen) atoms. The van der Waals surface area contributed by atoms with E-state index in [1.807, 2.05) is 7.11 Å². The molecule has 3 aliphatic rings. The van der Waals surface area contributed by atoms with Gasteiger partial charge in [-0.1, -0.05) is 30.6 Å². The van der Waals surface area contributed by atoms with Crippen molar-refractivity contribution in [2.75, 3.05) is 14.2 Å². The van der Waals surface area contributed by atoms with Crippen LogP contribution in [0.1, 0.15) is 50.2 Å². The van der Waals surface area contributed by atoms with E-state index in [9.17, 15) is 0 Å². The molecule has 0 unspecified atom stereocenters. The average Bonchev–Trinajstić information content (AvgIpc) is 2.91. The summed E-state index contributed by atoms with van der Waals surface area (Å²) in [6.07, 6.45) is 6.71. The van der Waals surface area contributed by atoms with Crippen LogP contribution in [0.15, 0.2) is 29.3 Å². The van der Waals surface area contributed by atoms with Crippen molar-refractivity contribution in [2.45, 2.75) is 62.3 Å². The topological polar surface area (TPSA) is 18.5 Å². The Kier molecular flexibility index (Phi) is 3.42. The average molecular weight is 308 g/mol. The number of hydrogen-bond acceptors (Lipinski definition) is 2. The fourth-order valence-corrected chi connectivity index (χ4v) is 5.26. The van der Waals surface area contributed by atoms with Gasteiger partial charge < -0.3 is 9.47 Å². The highest BCUT2D eigenvalue weighted by Gasteiger charge is 2.50. The number of benzene rings is 1. The van der Waals surface area contributed by atoms with Crippen molar-refractivity contribution in [3.63, 3.8) is 0 Å². The van der Waals surface area contributed by atoms with Gasteiger partial charge in [-0.2, -0.15) is 0 Å². The maximum atomic E-state index is 6.80. The zero-order chi connectivity index (χ0) is 16.2. The minimum Gasteiger partial charge on any atom is -0.497 e. The SMILES string of the molecule is [B][C@@]12CC[C@]3(C)C(=C1C[C@H](OC)C2)CCc1cc(OC)ccc13. The summed E-state index contributed by atoms with van der Waals surface area (Å²) in [4.78, 5) is 0. The maximum Gasteiger partial charge on any atom is 0.119 e. The first-order valence-electron chi connectivity index (χ1n) is 8.72. The number of allylic oxidation sites excluding steroid dienone is 1. The molecule has 2 nitrogen and oxygen atoms in total. The van der Waals surface area contributed by atoms with Crippen molar-refractivity contribution in [3.05, 3.63) is 40.5 Å². The van der Waals surface area contributed by atoms with Crippen molar-refractivity contribution in [1.82, 2.24) is 0 Å². The largest absolute Gasteiger partial charge is 0.497 e. The van der Waals surface area contributed by atoms with Crippen LogP contribution in [0.25, 0.3) is 0 Å². The monoisotopic (exact) mass is 308 g/mol. The Bertz CT molecular complexity index is 680. The minimum absolute atomic E-state index is 0.126. The second-order valence-corrected chi connectivity index (χ2v) is 7.73. The molecule has 3 aliphatic carbocycles. The molecule has 0 amide bonds. The summed E-state index contributed by atoms with van der Waals surface area (Å²) < 4.78 is 11.1. The van der Waals surface area contributed by atoms with E-state index in [1.54, 1.807) is 12.7 Å². The van der Waals surface area contributed by atoms with Crippen LogP contribution >= 0.6 is 0 Å². The van der Waals surface area contributed by atoms with Crippen molar-refractivity contribution in [2.24, 2.45) is 0 Å². The minimum atomic E-state index is -0.126. The molecule has 1 fully saturated rings. The van der Waals surface area contributed by atoms with E-state index in [1.165, 1.54) is 16.7 Å². The van der Waals surface area contributed by atoms with Crippen LogP contribution < -0.4 is 4.74 Å². The highest BCUT2D eigenvalue weighted by Crippen LogP contribution is 2.62. The van der Waals surface area contributed by atoms with E-state index < -0.39 is 0 Å². The summed E-state index contributed by atoms with van der Waals surface area (Å²) in [5.74, 6) is 0.966. The number of hydrogen-bond donors (Lipinski definition) is 0. The number of methoxy groups -OCH3 is 2. The third-order valence-corrected chi connectivity index (χ3v) is 6.61. The normalized spacial score (nSPS) is 35.5. The Balaban J connectivity index is 1.83. The van der Waals surface area contributed by atoms with Crippen LogP contribution in [0.2, 0.25) is 5.31 Å². The summed E-state index contributed by atoms with van der Waals surface area (Å²) in [5.41, 5.74) is 6.17. The summed E-state index contributed by atoms with van der Waals surface area (Å²) in [6.45, 7) is 2.42. The maximum absolute atomic E-state index is 6.80. The van der Waals surface area contributed by atoms with Gasteiger partial charge in [0.1, 0.15) is 5.75 Å². The van der Waals surface area contributed by atoms with Gasteiger partial charge in [0.25, 0.3) is 0 Å². The molecule has 120 valence electrons. The molecule has 1 aromatic rings. The van der Waals surface area contributed by atoms with Gasteiger partial charge >= 0.3 is 0 Å². The Labute approximate surface area is 140 Å². The van der Waals surface area contributed by atoms with Crippen LogP contribution in [-0.2, 0) is 16.6 Å². The van der Waals surface area contributed by atoms with Crippen molar-refractivity contribution in [3.8, 4) is 5.75 Å². The van der Waals surface area contributed by atoms with E-state index in [2.05, 4.69) is 25.1 Å². The second kappa shape index (κ2) is 5.14. The van der Waals surface area contributed by atoms with Gasteiger partial charge in [0.2, 0.25) is 0 Å². The number of rotatable bonds is 2. The van der Waals surface area contributed by atoms with Crippen LogP contribution in [0.5, 0.6) is 5.75 Å². The van der Waals surface area contributed by atoms with Crippen LogP contribution in [0.4, 0.5) is 0 Å². The van der Waals surface area contributed by atoms with E-state index in [0.29, 0.717) is 6.10 Å². The lowest BCUT2D eigenvalue weighted by Gasteiger charge is -2.48. The van der Waals surface area contributed by atoms with Gasteiger partial charge in [-0.3, -0.25) is 0 Å². The first-order valence-corrected chi connectivity index (χ1v) is 8.72. The zero-order valence-corrected chi connectivity index (χ0v) is 14.4. The highest BCUT2D eigenvalue weighted by molar-refractivity contribution is 6.18. The number of fused-ring (bicyclic) bond motifs is 4. The first kappa shape index (κ1) is 15.3. The summed E-state index contributed by atoms with van der Waals surface area (Å²) in [5, 5.41) is -0.126. The summed E-state index contributed by atoms with van der Waals surface area (Å²) >= 11 is 0. The fourth-order valence-electron chi connectivity index (χ4n) is 5.26. The zero-order valence-electron chi connectivity index (χ0n) is 14.4. The second-order valence-electron chi connectivity index (χ2n) is 7.73. The van der Waals surface area contributed by atoms with Crippen molar-refractivity contribution >= 4 is 7.85 Å². The van der Waals surface area contributed by atoms with Gasteiger partial charge in [0, 0.05) is 12.5 Å². The van der Waals surface area contributed by atoms with Gasteiger partial charge in [0.05, 0.1) is 21.1 Å². The predicted octanol–water partition coefficient (Wildman–Crippen LogP) is 4.13. The molecule has 4 rings (SSSR count). The van der Waals surface area contributed by atoms with Gasteiger partial charge in [-0.15, -0.1) is 0 Å². The van der Waals surface area contributed by atoms with Gasteiger partial charge in [-0.05, 0) is 60.7 Å². The molecule has 0 spiro atoms. The van der Waals surface area contributed by atoms with Crippen molar-refractivity contribution in [1.29, 1.82) is 0 Å². The van der Waals surface area contributed by atoms with Crippen LogP contribution in [0.3, 0.4) is 0 Å². The van der Waals surface area contributed by atoms with Gasteiger partial charge in [0.15, 0.2) is 0 Å². The Morgan fingerprint density at radius 3 is 2.70 bits per heavy atom. The third-order valence-electron chi connectivity index (χ3n) is 6.61. The molecule has 0 N–H and O–H groups in total. The van der Waals surface area contributed by atoms with Crippen LogP contribution in [-0.4, -0.2) is 28.2 Å². The first-order chi connectivity index (χ1) is 11.0. The molecule has 0 saturated heterocycles. The molecule has 0 aliphatic heterocycles. The number of ether oxygens (including phenoxy) is 2. The van der Waals surface area contributed by atoms with E-state index >= 15 is 0 Å². The summed E-state index contributed by atoms with van der Waals surface area (Å²) in [6, 6.07) is 6.60. The molecule has 0 bridgehead atoms. The van der Waals surface area contributed by atoms with Crippen LogP contribution in [0, 0.1) is 0 Å². The molecule has 3 heteroatoms. The predicted molar refractivity (Wildman–Crippen MR) is 93.4 cm³/mol. The fraction of sp³-hybridized carbons (Fsp3) is 0.600. The van der Waals surface area contributed by atoms with Crippen molar-refractivity contribution < 1.29 is 9.47 Å². The van der Waals surface area contributed by atoms with Gasteiger partial charge in [-0.25, -0.2) is 0 Å². The lowest BCUT2D eigenvalue weighted by Crippen LogP contribution is -2.37. The lowest BCUT2D eigenvalue weighted by molar-refractivity contribution is 0.107. The smallest absolute Gasteiger partial charge is 0.119 e. The lowest BCUT2D eigenvalue weighted by atomic mass is 9.50. The molecule has 3 atom stereocenters. The molecular formula is C20H25BO2. The third kappa shape index (κ3) is 2.12. The molecule has 1 aromatic carbocycles. The highest BCUT2D eigenvalue weighted by atomic mass is 16.5. The quantitative estimate of drug-likeness (QED) is 0.604.